The van der Waals surface area contributed by atoms with Crippen LogP contribution in [0.1, 0.15) is 16.1 Å². The van der Waals surface area contributed by atoms with Crippen molar-refractivity contribution in [1.29, 1.82) is 0 Å². The highest BCUT2D eigenvalue weighted by atomic mass is 32.2. The lowest BCUT2D eigenvalue weighted by molar-refractivity contribution is -0.0249. The topological polar surface area (TPSA) is 141 Å². The molecule has 0 saturated carbocycles. The number of nitrogens with zero attached hydrogens (tertiary/aromatic N) is 1. The Kier molecular flexibility index (Phi) is 5.61. The van der Waals surface area contributed by atoms with Gasteiger partial charge in [-0.1, -0.05) is 18.2 Å². The number of morpholine rings is 1. The van der Waals surface area contributed by atoms with E-state index in [4.69, 9.17) is 20.9 Å². The molecule has 2 aromatic carbocycles. The van der Waals surface area contributed by atoms with E-state index in [1.165, 1.54) is 4.31 Å². The Morgan fingerprint density at radius 3 is 2.74 bits per heavy atom. The zero-order chi connectivity index (χ0) is 22.2. The third-order valence-corrected chi connectivity index (χ3v) is 7.11. The minimum atomic E-state index is -4.06. The molecule has 1 aromatic heterocycles. The number of hydrogen-bond acceptors (Lipinski definition) is 6. The predicted octanol–water partition coefficient (Wildman–Crippen LogP) is 1.63. The molecular formula is C21H24N4O5S. The summed E-state index contributed by atoms with van der Waals surface area (Å²) in [6, 6.07) is 12.6. The first-order valence-corrected chi connectivity index (χ1v) is 11.2. The Bertz CT molecular complexity index is 1220. The van der Waals surface area contributed by atoms with Crippen LogP contribution in [0.15, 0.2) is 47.4 Å². The van der Waals surface area contributed by atoms with Crippen molar-refractivity contribution in [3.63, 3.8) is 0 Å². The van der Waals surface area contributed by atoms with Crippen molar-refractivity contribution in [2.24, 2.45) is 5.73 Å². The number of nitrogen functional groups attached to an aromatic ring is 1. The van der Waals surface area contributed by atoms with Crippen molar-refractivity contribution < 1.29 is 22.7 Å². The van der Waals surface area contributed by atoms with Gasteiger partial charge in [-0.05, 0) is 36.8 Å². The van der Waals surface area contributed by atoms with Crippen LogP contribution in [0.4, 0.5) is 5.69 Å². The van der Waals surface area contributed by atoms with Crippen LogP contribution in [-0.4, -0.2) is 56.0 Å². The number of aromatic nitrogens is 1. The van der Waals surface area contributed by atoms with E-state index in [0.717, 1.165) is 5.56 Å². The van der Waals surface area contributed by atoms with Crippen LogP contribution in [0.3, 0.4) is 0 Å². The molecule has 5 N–H and O–H groups in total. The fourth-order valence-electron chi connectivity index (χ4n) is 3.74. The molecular weight excluding hydrogens is 420 g/mol. The quantitative estimate of drug-likeness (QED) is 0.494. The molecule has 1 atom stereocenters. The van der Waals surface area contributed by atoms with Gasteiger partial charge in [0.1, 0.15) is 29.0 Å². The summed E-state index contributed by atoms with van der Waals surface area (Å²) in [5.41, 5.74) is 12.8. The molecule has 10 heteroatoms. The van der Waals surface area contributed by atoms with Gasteiger partial charge in [0.25, 0.3) is 5.91 Å². The van der Waals surface area contributed by atoms with E-state index in [0.29, 0.717) is 22.3 Å². The molecule has 0 aliphatic carbocycles. The number of primary amides is 1. The highest BCUT2D eigenvalue weighted by Gasteiger charge is 2.36. The van der Waals surface area contributed by atoms with Crippen molar-refractivity contribution in [3.8, 4) is 5.75 Å². The van der Waals surface area contributed by atoms with Crippen molar-refractivity contribution in [2.75, 3.05) is 32.0 Å². The third-order valence-electron chi connectivity index (χ3n) is 5.16. The SMILES string of the molecule is Cc1cc(N)c2[nH]c(C(N)=O)c(S(=O)(=O)N3CCOC(COc4ccccc4)C3)c2c1. The highest BCUT2D eigenvalue weighted by Crippen LogP contribution is 2.34. The molecule has 0 radical (unpaired) electrons. The second kappa shape index (κ2) is 8.22. The van der Waals surface area contributed by atoms with Crippen molar-refractivity contribution in [1.82, 2.24) is 9.29 Å². The Labute approximate surface area is 180 Å². The molecule has 1 amide bonds. The van der Waals surface area contributed by atoms with Crippen molar-refractivity contribution in [3.05, 3.63) is 53.7 Å². The molecule has 0 spiro atoms. The van der Waals surface area contributed by atoms with Gasteiger partial charge in [-0.15, -0.1) is 0 Å². The molecule has 1 aliphatic rings. The van der Waals surface area contributed by atoms with Crippen LogP contribution >= 0.6 is 0 Å². The Hall–Kier alpha value is -3.08. The van der Waals surface area contributed by atoms with E-state index in [1.807, 2.05) is 30.3 Å². The van der Waals surface area contributed by atoms with Crippen LogP contribution in [0.2, 0.25) is 0 Å². The number of sulfonamides is 1. The number of aromatic amines is 1. The molecule has 164 valence electrons. The maximum Gasteiger partial charge on any atom is 0.266 e. The number of para-hydroxylation sites is 1. The first kappa shape index (κ1) is 21.2. The minimum Gasteiger partial charge on any atom is -0.491 e. The van der Waals surface area contributed by atoms with Crippen LogP contribution in [-0.2, 0) is 14.8 Å². The molecule has 2 heterocycles. The average Bonchev–Trinajstić information content (AvgIpc) is 3.14. The second-order valence-corrected chi connectivity index (χ2v) is 9.32. The molecule has 9 nitrogen and oxygen atoms in total. The lowest BCUT2D eigenvalue weighted by atomic mass is 10.1. The van der Waals surface area contributed by atoms with Gasteiger partial charge in [-0.25, -0.2) is 8.42 Å². The summed E-state index contributed by atoms with van der Waals surface area (Å²) in [5, 5.41) is 0.342. The number of fused-ring (bicyclic) bond motifs is 1. The minimum absolute atomic E-state index is 0.0847. The number of carbonyl (C=O) groups is 1. The molecule has 0 bridgehead atoms. The molecule has 4 rings (SSSR count). The lowest BCUT2D eigenvalue weighted by Crippen LogP contribution is -2.47. The molecule has 31 heavy (non-hydrogen) atoms. The number of nitrogens with one attached hydrogen (secondary N) is 1. The van der Waals surface area contributed by atoms with Gasteiger partial charge >= 0.3 is 0 Å². The molecule has 1 fully saturated rings. The largest absolute Gasteiger partial charge is 0.491 e. The Balaban J connectivity index is 1.65. The number of carbonyl (C=O) groups excluding carboxylic acids is 1. The fraction of sp³-hybridized carbons (Fsp3) is 0.286. The van der Waals surface area contributed by atoms with E-state index in [9.17, 15) is 13.2 Å². The fourth-order valence-corrected chi connectivity index (χ4v) is 5.52. The van der Waals surface area contributed by atoms with E-state index in [2.05, 4.69) is 4.98 Å². The van der Waals surface area contributed by atoms with Gasteiger partial charge in [0.2, 0.25) is 10.0 Å². The van der Waals surface area contributed by atoms with Gasteiger partial charge in [-0.2, -0.15) is 4.31 Å². The zero-order valence-electron chi connectivity index (χ0n) is 17.0. The number of hydrogen-bond donors (Lipinski definition) is 3. The number of nitrogens with two attached hydrogens (primary N) is 2. The lowest BCUT2D eigenvalue weighted by Gasteiger charge is -2.32. The summed E-state index contributed by atoms with van der Waals surface area (Å²) in [4.78, 5) is 14.7. The van der Waals surface area contributed by atoms with Crippen molar-refractivity contribution in [2.45, 2.75) is 17.9 Å². The maximum atomic E-state index is 13.6. The van der Waals surface area contributed by atoms with E-state index < -0.39 is 22.0 Å². The summed E-state index contributed by atoms with van der Waals surface area (Å²) in [7, 11) is -4.06. The summed E-state index contributed by atoms with van der Waals surface area (Å²) in [6.45, 7) is 2.43. The maximum absolute atomic E-state index is 13.6. The monoisotopic (exact) mass is 444 g/mol. The van der Waals surface area contributed by atoms with Gasteiger partial charge in [-0.3, -0.25) is 4.79 Å². The number of aryl methyl sites for hydroxylation is 1. The normalized spacial score (nSPS) is 17.6. The number of amides is 1. The summed E-state index contributed by atoms with van der Waals surface area (Å²) in [5.74, 6) is -0.200. The van der Waals surface area contributed by atoms with Crippen LogP contribution in [0, 0.1) is 6.92 Å². The highest BCUT2D eigenvalue weighted by molar-refractivity contribution is 7.89. The number of benzene rings is 2. The Morgan fingerprint density at radius 2 is 2.03 bits per heavy atom. The van der Waals surface area contributed by atoms with E-state index >= 15 is 0 Å². The smallest absolute Gasteiger partial charge is 0.266 e. The van der Waals surface area contributed by atoms with Crippen molar-refractivity contribution >= 4 is 32.5 Å². The molecule has 3 aromatic rings. The van der Waals surface area contributed by atoms with E-state index in [1.54, 1.807) is 19.1 Å². The molecule has 1 saturated heterocycles. The first-order valence-electron chi connectivity index (χ1n) is 9.78. The average molecular weight is 445 g/mol. The number of rotatable bonds is 6. The Morgan fingerprint density at radius 1 is 1.29 bits per heavy atom. The summed E-state index contributed by atoms with van der Waals surface area (Å²) in [6.07, 6.45) is -0.460. The van der Waals surface area contributed by atoms with Gasteiger partial charge in [0.05, 0.1) is 17.8 Å². The number of ether oxygens (including phenoxy) is 2. The zero-order valence-corrected chi connectivity index (χ0v) is 17.8. The van der Waals surface area contributed by atoms with Gasteiger partial charge in [0.15, 0.2) is 0 Å². The summed E-state index contributed by atoms with van der Waals surface area (Å²) >= 11 is 0. The third kappa shape index (κ3) is 4.09. The van der Waals surface area contributed by atoms with Crippen LogP contribution < -0.4 is 16.2 Å². The first-order chi connectivity index (χ1) is 14.8. The second-order valence-electron chi connectivity index (χ2n) is 7.45. The standard InChI is InChI=1S/C21H24N4O5S/c1-13-9-16-18(17(22)10-13)24-19(21(23)26)20(16)31(27,28)25-7-8-29-15(11-25)12-30-14-5-3-2-4-6-14/h2-6,9-10,15,24H,7-8,11-12,22H2,1H3,(H2,23,26). The molecule has 1 aliphatic heterocycles. The molecule has 1 unspecified atom stereocenters. The predicted molar refractivity (Wildman–Crippen MR) is 116 cm³/mol. The van der Waals surface area contributed by atoms with Gasteiger partial charge in [0, 0.05) is 18.5 Å². The van der Waals surface area contributed by atoms with Crippen LogP contribution in [0.5, 0.6) is 5.75 Å². The number of H-pyrrole nitrogens is 1. The van der Waals surface area contributed by atoms with E-state index in [-0.39, 0.29) is 36.9 Å². The van der Waals surface area contributed by atoms with Gasteiger partial charge < -0.3 is 25.9 Å². The van der Waals surface area contributed by atoms with Crippen LogP contribution in [0.25, 0.3) is 10.9 Å². The summed E-state index contributed by atoms with van der Waals surface area (Å²) < 4.78 is 39.9. The number of anilines is 1.